The summed E-state index contributed by atoms with van der Waals surface area (Å²) in [4.78, 5) is 43.4. The number of esters is 2. The van der Waals surface area contributed by atoms with Gasteiger partial charge in [-0.25, -0.2) is 18.0 Å². The molecule has 8 nitrogen and oxygen atoms in total. The summed E-state index contributed by atoms with van der Waals surface area (Å²) in [5, 5.41) is 2.05. The Labute approximate surface area is 214 Å². The minimum absolute atomic E-state index is 0.0436. The van der Waals surface area contributed by atoms with E-state index in [-0.39, 0.29) is 12.2 Å². The van der Waals surface area contributed by atoms with Crippen LogP contribution >= 0.6 is 0 Å². The maximum atomic E-state index is 13.9. The molecule has 0 aliphatic carbocycles. The van der Waals surface area contributed by atoms with Crippen molar-refractivity contribution in [2.45, 2.75) is 58.6 Å². The van der Waals surface area contributed by atoms with Crippen LogP contribution in [0, 0.1) is 29.1 Å². The number of piperidine rings is 1. The molecular weight excluding hydrogens is 519 g/mol. The monoisotopic (exact) mass is 544 g/mol. The average Bonchev–Trinajstić information content (AvgIpc) is 2.86. The van der Waals surface area contributed by atoms with Crippen LogP contribution in [0.5, 0.6) is 5.75 Å². The second kappa shape index (κ2) is 11.4. The van der Waals surface area contributed by atoms with Crippen LogP contribution in [-0.2, 0) is 19.3 Å². The number of hydrogen-bond donors (Lipinski definition) is 0. The quantitative estimate of drug-likeness (QED) is 0.126. The van der Waals surface area contributed by atoms with Gasteiger partial charge in [-0.2, -0.15) is 18.8 Å². The highest BCUT2D eigenvalue weighted by Gasteiger charge is 2.36. The molecule has 1 atom stereocenters. The molecule has 0 spiro atoms. The standard InChI is InChI=1S/C25H25F5N2O6/c1-13(33)32(38-31-11-6-5-10-16(31)24(35)37-25(2,3)4)15-9-7-8-14(12-15)23(34)36-22-20(29)18(27)17(26)19(28)21(22)30/h7-9,12,16H,5-6,10-11H2,1-4H3. The van der Waals surface area contributed by atoms with E-state index in [0.29, 0.717) is 19.3 Å². The Bertz CT molecular complexity index is 1220. The van der Waals surface area contributed by atoms with Crippen LogP contribution in [-0.4, -0.2) is 41.1 Å². The van der Waals surface area contributed by atoms with Crippen molar-refractivity contribution in [1.29, 1.82) is 0 Å². The van der Waals surface area contributed by atoms with E-state index in [1.807, 2.05) is 0 Å². The van der Waals surface area contributed by atoms with Gasteiger partial charge < -0.3 is 9.47 Å². The number of nitrogens with zero attached hydrogens (tertiary/aromatic N) is 2. The number of hydrogen-bond acceptors (Lipinski definition) is 7. The van der Waals surface area contributed by atoms with Gasteiger partial charge in [-0.3, -0.25) is 9.59 Å². The van der Waals surface area contributed by atoms with Gasteiger partial charge in [-0.1, -0.05) is 6.07 Å². The van der Waals surface area contributed by atoms with Gasteiger partial charge in [0, 0.05) is 13.5 Å². The molecule has 0 aromatic heterocycles. The fraction of sp³-hybridized carbons (Fsp3) is 0.400. The maximum Gasteiger partial charge on any atom is 0.343 e. The maximum absolute atomic E-state index is 13.9. The van der Waals surface area contributed by atoms with Crippen molar-refractivity contribution in [2.24, 2.45) is 0 Å². The van der Waals surface area contributed by atoms with E-state index in [9.17, 15) is 36.3 Å². The zero-order chi connectivity index (χ0) is 28.4. The fourth-order valence-electron chi connectivity index (χ4n) is 3.58. The van der Waals surface area contributed by atoms with Crippen molar-refractivity contribution in [1.82, 2.24) is 5.06 Å². The Hall–Kier alpha value is -3.58. The number of halogens is 5. The highest BCUT2D eigenvalue weighted by atomic mass is 19.2. The van der Waals surface area contributed by atoms with Gasteiger partial charge in [0.1, 0.15) is 11.6 Å². The van der Waals surface area contributed by atoms with E-state index in [2.05, 4.69) is 4.74 Å². The predicted molar refractivity (Wildman–Crippen MR) is 122 cm³/mol. The van der Waals surface area contributed by atoms with Gasteiger partial charge in [-0.05, 0) is 58.2 Å². The lowest BCUT2D eigenvalue weighted by atomic mass is 10.0. The number of ether oxygens (including phenoxy) is 2. The third-order valence-electron chi connectivity index (χ3n) is 5.29. The molecule has 38 heavy (non-hydrogen) atoms. The minimum Gasteiger partial charge on any atom is -0.459 e. The van der Waals surface area contributed by atoms with Crippen LogP contribution in [0.15, 0.2) is 24.3 Å². The smallest absolute Gasteiger partial charge is 0.343 e. The first-order valence-corrected chi connectivity index (χ1v) is 11.5. The molecule has 0 bridgehead atoms. The largest absolute Gasteiger partial charge is 0.459 e. The number of anilines is 1. The number of benzene rings is 2. The highest BCUT2D eigenvalue weighted by Crippen LogP contribution is 2.30. The number of carbonyl (C=O) groups is 3. The molecule has 13 heteroatoms. The topological polar surface area (TPSA) is 85.4 Å². The van der Waals surface area contributed by atoms with Crippen molar-refractivity contribution < 1.29 is 50.7 Å². The van der Waals surface area contributed by atoms with Crippen molar-refractivity contribution in [3.8, 4) is 5.75 Å². The Morgan fingerprint density at radius 1 is 0.947 bits per heavy atom. The lowest BCUT2D eigenvalue weighted by Crippen LogP contribution is -2.50. The normalized spacial score (nSPS) is 16.2. The summed E-state index contributed by atoms with van der Waals surface area (Å²) < 4.78 is 78.0. The van der Waals surface area contributed by atoms with Crippen LogP contribution in [0.2, 0.25) is 0 Å². The molecule has 1 fully saturated rings. The Morgan fingerprint density at radius 3 is 2.13 bits per heavy atom. The van der Waals surface area contributed by atoms with Crippen LogP contribution in [0.3, 0.4) is 0 Å². The summed E-state index contributed by atoms with van der Waals surface area (Å²) in [5.41, 5.74) is -1.20. The third kappa shape index (κ3) is 6.45. The van der Waals surface area contributed by atoms with Gasteiger partial charge in [-0.15, -0.1) is 5.06 Å². The predicted octanol–water partition coefficient (Wildman–Crippen LogP) is 5.00. The lowest BCUT2D eigenvalue weighted by Gasteiger charge is -2.36. The molecule has 1 unspecified atom stereocenters. The van der Waals surface area contributed by atoms with Crippen LogP contribution in [0.4, 0.5) is 27.6 Å². The molecule has 1 heterocycles. The second-order valence-corrected chi connectivity index (χ2v) is 9.42. The first-order chi connectivity index (χ1) is 17.7. The van der Waals surface area contributed by atoms with Crippen molar-refractivity contribution >= 4 is 23.5 Å². The molecule has 2 aromatic carbocycles. The molecule has 1 aliphatic rings. The molecule has 0 saturated carbocycles. The lowest BCUT2D eigenvalue weighted by molar-refractivity contribution is -0.222. The van der Waals surface area contributed by atoms with E-state index in [0.717, 1.165) is 24.1 Å². The van der Waals surface area contributed by atoms with Crippen molar-refractivity contribution in [3.63, 3.8) is 0 Å². The Kier molecular flexibility index (Phi) is 8.72. The molecule has 3 rings (SSSR count). The number of hydroxylamine groups is 3. The van der Waals surface area contributed by atoms with E-state index < -0.39 is 69.9 Å². The average molecular weight is 544 g/mol. The van der Waals surface area contributed by atoms with Crippen LogP contribution in [0.1, 0.15) is 57.3 Å². The number of carbonyl (C=O) groups excluding carboxylic acids is 3. The summed E-state index contributed by atoms with van der Waals surface area (Å²) in [6.45, 7) is 6.54. The second-order valence-electron chi connectivity index (χ2n) is 9.42. The van der Waals surface area contributed by atoms with E-state index in [1.54, 1.807) is 20.8 Å². The fourth-order valence-corrected chi connectivity index (χ4v) is 3.58. The van der Waals surface area contributed by atoms with Crippen LogP contribution < -0.4 is 9.80 Å². The molecule has 1 aliphatic heterocycles. The van der Waals surface area contributed by atoms with E-state index in [4.69, 9.17) is 9.68 Å². The zero-order valence-corrected chi connectivity index (χ0v) is 20.9. The van der Waals surface area contributed by atoms with Gasteiger partial charge in [0.15, 0.2) is 0 Å². The van der Waals surface area contributed by atoms with Gasteiger partial charge in [0.05, 0.1) is 11.3 Å². The van der Waals surface area contributed by atoms with Gasteiger partial charge >= 0.3 is 11.9 Å². The highest BCUT2D eigenvalue weighted by molar-refractivity contribution is 5.95. The Morgan fingerprint density at radius 2 is 1.55 bits per heavy atom. The van der Waals surface area contributed by atoms with Crippen molar-refractivity contribution in [2.75, 3.05) is 11.6 Å². The first-order valence-electron chi connectivity index (χ1n) is 11.5. The molecule has 206 valence electrons. The summed E-state index contributed by atoms with van der Waals surface area (Å²) in [6.07, 6.45) is 1.76. The molecule has 1 amide bonds. The Balaban J connectivity index is 1.86. The van der Waals surface area contributed by atoms with Crippen LogP contribution in [0.25, 0.3) is 0 Å². The summed E-state index contributed by atoms with van der Waals surface area (Å²) in [5.74, 6) is -16.1. The molecular formula is C25H25F5N2O6. The SMILES string of the molecule is CC(=O)N(ON1CCCCC1C(=O)OC(C)(C)C)c1cccc(C(=O)Oc2c(F)c(F)c(F)c(F)c2F)c1. The first kappa shape index (κ1) is 29.0. The van der Waals surface area contributed by atoms with Gasteiger partial charge in [0.25, 0.3) is 0 Å². The third-order valence-corrected chi connectivity index (χ3v) is 5.29. The number of amides is 1. The summed E-state index contributed by atoms with van der Waals surface area (Å²) in [7, 11) is 0. The summed E-state index contributed by atoms with van der Waals surface area (Å²) >= 11 is 0. The zero-order valence-electron chi connectivity index (χ0n) is 20.9. The minimum atomic E-state index is -2.40. The number of rotatable bonds is 6. The molecule has 2 aromatic rings. The summed E-state index contributed by atoms with van der Waals surface area (Å²) in [6, 6.07) is 3.96. The van der Waals surface area contributed by atoms with E-state index in [1.165, 1.54) is 17.2 Å². The van der Waals surface area contributed by atoms with Gasteiger partial charge in [0.2, 0.25) is 40.7 Å². The molecule has 0 radical (unpaired) electrons. The van der Waals surface area contributed by atoms with E-state index >= 15 is 0 Å². The molecule has 1 saturated heterocycles. The molecule has 0 N–H and O–H groups in total. The van der Waals surface area contributed by atoms with Crippen molar-refractivity contribution in [3.05, 3.63) is 58.9 Å².